The third-order valence-corrected chi connectivity index (χ3v) is 9.22. The number of nitro benzene ring substituents is 1. The molecule has 315 valence electrons. The molecule has 0 saturated carbocycles. The fraction of sp³-hybridized carbons (Fsp3) is 0.211. The normalized spacial score (nSPS) is 15.6. The van der Waals surface area contributed by atoms with Gasteiger partial charge in [-0.2, -0.15) is 20.3 Å². The molecule has 4 aromatic rings. The van der Waals surface area contributed by atoms with E-state index in [1.54, 1.807) is 38.1 Å². The van der Waals surface area contributed by atoms with E-state index in [9.17, 15) is 48.7 Å². The molecule has 23 heteroatoms. The van der Waals surface area contributed by atoms with E-state index in [2.05, 4.69) is 30.6 Å². The second kappa shape index (κ2) is 18.7. The molecule has 61 heavy (non-hydrogen) atoms. The van der Waals surface area contributed by atoms with Gasteiger partial charge in [0.25, 0.3) is 5.69 Å². The molecule has 2 heterocycles. The van der Waals surface area contributed by atoms with Gasteiger partial charge in [0.05, 0.1) is 44.0 Å². The zero-order valence-electron chi connectivity index (χ0n) is 34.2. The SMILES string of the molecule is CC1=CC(=NN=C2C(=O)N(c3ccccc3)N=C2C)C(=O)C(N([O-])[O-])=C1.Cc1nn(-c2cccc(S(N)(=O)=O)c2)c([O-])c1N=Nc1cc(CC(C)(C)C)cc([N+](=O)[O-])c1[O-].[Cr+3].[H+]. The van der Waals surface area contributed by atoms with Crippen LogP contribution in [0.25, 0.3) is 5.69 Å². The van der Waals surface area contributed by atoms with Gasteiger partial charge in [0.15, 0.2) is 5.71 Å². The summed E-state index contributed by atoms with van der Waals surface area (Å²) in [4.78, 5) is 34.9. The number of azo groups is 1. The number of nitrogens with zero attached hydrogens (tertiary/aromatic N) is 10. The van der Waals surface area contributed by atoms with Gasteiger partial charge in [-0.25, -0.2) is 18.2 Å². The number of Topliss-reactive ketones (excluding diaryl/α,β-unsaturated/α-hetero) is 1. The van der Waals surface area contributed by atoms with Crippen LogP contribution in [0.15, 0.2) is 121 Å². The molecule has 0 spiro atoms. The standard InChI is InChI=1S/C21H24N6O6S.C17H13N5O4.Cr/c1-12-18(20(29)26(25-12)14-6-5-7-15(10-14)34(22,32)33)24-23-16-8-13(11-21(2,3)4)9-17(19(16)28)27(30)31;1-10-8-13(16(23)14(9-10)22(25)26)18-19-15-11(2)20-21(17(15)24)12-6-4-3-5-7-12;/h5-10,28-29H,11H2,1-4H3,(H2,22,32,33);3-9H,1-2H3;/q;-2;+3/p-1. The summed E-state index contributed by atoms with van der Waals surface area (Å²) >= 11 is 0. The van der Waals surface area contributed by atoms with Gasteiger partial charge in [-0.05, 0) is 92.3 Å². The van der Waals surface area contributed by atoms with Crippen LogP contribution in [-0.4, -0.2) is 57.2 Å². The number of carbonyl (C=O) groups is 2. The number of primary sulfonamides is 1. The molecule has 1 aliphatic heterocycles. The van der Waals surface area contributed by atoms with Gasteiger partial charge in [-0.15, -0.1) is 15.3 Å². The number of hydroxylamine groups is 2. The second-order valence-corrected chi connectivity index (χ2v) is 16.0. The van der Waals surface area contributed by atoms with E-state index in [1.807, 2.05) is 26.8 Å². The Morgan fingerprint density at radius 2 is 1.57 bits per heavy atom. The summed E-state index contributed by atoms with van der Waals surface area (Å²) in [6.07, 6.45) is 2.99. The van der Waals surface area contributed by atoms with Crippen molar-refractivity contribution in [1.82, 2.24) is 15.0 Å². The molecule has 1 radical (unpaired) electrons. The summed E-state index contributed by atoms with van der Waals surface area (Å²) in [5, 5.41) is 87.7. The number of hydrogen-bond acceptors (Lipinski definition) is 17. The summed E-state index contributed by atoms with van der Waals surface area (Å²) in [5.74, 6) is -3.00. The minimum absolute atomic E-state index is 0. The van der Waals surface area contributed by atoms with Crippen LogP contribution >= 0.6 is 0 Å². The molecule has 21 nitrogen and oxygen atoms in total. The maximum Gasteiger partial charge on any atom is 3.00 e. The van der Waals surface area contributed by atoms with Crippen molar-refractivity contribution in [1.29, 1.82) is 0 Å². The van der Waals surface area contributed by atoms with Crippen LogP contribution < -0.4 is 20.4 Å². The number of aryl methyl sites for hydroxylation is 1. The number of carbonyl (C=O) groups excluding carboxylic acids is 2. The molecule has 1 amide bonds. The van der Waals surface area contributed by atoms with E-state index in [4.69, 9.17) is 5.14 Å². The minimum Gasteiger partial charge on any atom is -0.866 e. The number of aromatic nitrogens is 2. The predicted molar refractivity (Wildman–Crippen MR) is 217 cm³/mol. The summed E-state index contributed by atoms with van der Waals surface area (Å²) in [7, 11) is -4.00. The number of allylic oxidation sites excluding steroid dienone is 4. The van der Waals surface area contributed by atoms with Crippen molar-refractivity contribution < 1.29 is 51.9 Å². The van der Waals surface area contributed by atoms with Crippen molar-refractivity contribution in [3.63, 3.8) is 0 Å². The Morgan fingerprint density at radius 1 is 0.918 bits per heavy atom. The van der Waals surface area contributed by atoms with E-state index in [0.29, 0.717) is 29.0 Å². The first-order valence-corrected chi connectivity index (χ1v) is 19.1. The molecule has 0 unspecified atom stereocenters. The molecule has 2 aliphatic rings. The van der Waals surface area contributed by atoms with E-state index in [-0.39, 0.29) is 63.3 Å². The number of rotatable bonds is 9. The number of ketones is 1. The summed E-state index contributed by atoms with van der Waals surface area (Å²) in [6.45, 7) is 10.5. The maximum atomic E-state index is 12.9. The van der Waals surface area contributed by atoms with Gasteiger partial charge >= 0.3 is 24.7 Å². The minimum atomic E-state index is -4.00. The fourth-order valence-corrected chi connectivity index (χ4v) is 6.22. The monoisotopic (exact) mass is 890 g/mol. The van der Waals surface area contributed by atoms with Crippen LogP contribution in [0.4, 0.5) is 22.7 Å². The van der Waals surface area contributed by atoms with Crippen LogP contribution in [0.1, 0.15) is 47.3 Å². The molecule has 0 atom stereocenters. The Kier molecular flexibility index (Phi) is 14.4. The van der Waals surface area contributed by atoms with Crippen molar-refractivity contribution in [2.75, 3.05) is 5.01 Å². The second-order valence-electron chi connectivity index (χ2n) is 14.4. The van der Waals surface area contributed by atoms with Gasteiger partial charge < -0.3 is 25.9 Å². The first-order valence-electron chi connectivity index (χ1n) is 17.6. The van der Waals surface area contributed by atoms with Gasteiger partial charge in [0.1, 0.15) is 11.4 Å². The van der Waals surface area contributed by atoms with Crippen LogP contribution in [0.2, 0.25) is 0 Å². The van der Waals surface area contributed by atoms with Gasteiger partial charge in [0.2, 0.25) is 15.8 Å². The Balaban J connectivity index is 0.000000330. The van der Waals surface area contributed by atoms with Crippen LogP contribution in [0, 0.1) is 32.9 Å². The maximum absolute atomic E-state index is 12.9. The van der Waals surface area contributed by atoms with E-state index >= 15 is 0 Å². The van der Waals surface area contributed by atoms with E-state index < -0.39 is 54.9 Å². The molecule has 0 fully saturated rings. The molecule has 0 saturated heterocycles. The topological polar surface area (TPSA) is 316 Å². The number of benzene rings is 3. The number of nitro groups is 1. The van der Waals surface area contributed by atoms with Crippen LogP contribution in [-0.2, 0) is 43.4 Å². The van der Waals surface area contributed by atoms with Crippen molar-refractivity contribution in [2.24, 2.45) is 36.1 Å². The largest absolute Gasteiger partial charge is 3.00 e. The molecular formula is C38H36CrN11O10S. The van der Waals surface area contributed by atoms with Gasteiger partial charge in [0, 0.05) is 17.7 Å². The van der Waals surface area contributed by atoms with E-state index in [1.165, 1.54) is 60.5 Å². The zero-order chi connectivity index (χ0) is 44.3. The quantitative estimate of drug-likeness (QED) is 0.101. The molecular weight excluding hydrogens is 855 g/mol. The number of amides is 1. The third kappa shape index (κ3) is 11.1. The zero-order valence-corrected chi connectivity index (χ0v) is 35.3. The first kappa shape index (κ1) is 46.9. The van der Waals surface area contributed by atoms with Crippen molar-refractivity contribution in [2.45, 2.75) is 52.9 Å². The molecule has 3 aromatic carbocycles. The number of hydrogen-bond donors (Lipinski definition) is 1. The third-order valence-electron chi connectivity index (χ3n) is 8.31. The molecule has 1 aliphatic carbocycles. The van der Waals surface area contributed by atoms with Crippen molar-refractivity contribution in [3.8, 4) is 17.3 Å². The first-order chi connectivity index (χ1) is 28.0. The molecule has 6 rings (SSSR count). The number of nitrogens with two attached hydrogens (primary N) is 1. The molecule has 2 N–H and O–H groups in total. The van der Waals surface area contributed by atoms with Crippen molar-refractivity contribution in [3.05, 3.63) is 122 Å². The van der Waals surface area contributed by atoms with E-state index in [0.717, 1.165) is 4.68 Å². The Hall–Kier alpha value is -6.74. The number of sulfonamides is 1. The van der Waals surface area contributed by atoms with Crippen LogP contribution in [0.5, 0.6) is 11.6 Å². The average molecular weight is 891 g/mol. The Labute approximate surface area is 360 Å². The fourth-order valence-electron chi connectivity index (χ4n) is 5.67. The average Bonchev–Trinajstić information content (AvgIpc) is 3.62. The smallest absolute Gasteiger partial charge is 0.866 e. The van der Waals surface area contributed by atoms with Crippen molar-refractivity contribution >= 4 is 61.6 Å². The van der Waals surface area contributed by atoms with Crippen LogP contribution in [0.3, 0.4) is 0 Å². The summed E-state index contributed by atoms with van der Waals surface area (Å²) < 4.78 is 24.2. The number of anilines is 1. The van der Waals surface area contributed by atoms with Gasteiger partial charge in [-0.3, -0.25) is 19.7 Å². The number of hydrazone groups is 1. The molecule has 0 bridgehead atoms. The summed E-state index contributed by atoms with van der Waals surface area (Å²) in [5.41, 5.74) is 0.0553. The Morgan fingerprint density at radius 3 is 2.18 bits per heavy atom. The number of para-hydroxylation sites is 1. The Bertz CT molecular complexity index is 2710. The molecule has 1 aromatic heterocycles. The summed E-state index contributed by atoms with van der Waals surface area (Å²) in [6, 6.07) is 16.7. The van der Waals surface area contributed by atoms with Gasteiger partial charge in [-0.1, -0.05) is 45.0 Å². The predicted octanol–water partition coefficient (Wildman–Crippen LogP) is 4.91.